The highest BCUT2D eigenvalue weighted by Gasteiger charge is 2.27. The van der Waals surface area contributed by atoms with Crippen LogP contribution in [0.2, 0.25) is 0 Å². The Hall–Kier alpha value is -2.78. The number of amides is 1. The minimum absolute atomic E-state index is 0.0862. The number of carbonyl (C=O) groups excluding carboxylic acids is 2. The summed E-state index contributed by atoms with van der Waals surface area (Å²) in [4.78, 5) is 23.9. The number of anilines is 1. The molecule has 2 aromatic rings. The number of benzene rings is 2. The van der Waals surface area contributed by atoms with Crippen LogP contribution in [0, 0.1) is 5.82 Å². The molecular formula is C20H21FN2O5S. The van der Waals surface area contributed by atoms with Crippen molar-refractivity contribution in [3.05, 3.63) is 59.9 Å². The molecule has 0 saturated carbocycles. The maximum atomic E-state index is 12.9. The Morgan fingerprint density at radius 1 is 1.07 bits per heavy atom. The Labute approximate surface area is 168 Å². The van der Waals surface area contributed by atoms with Gasteiger partial charge in [-0.3, -0.25) is 9.59 Å². The van der Waals surface area contributed by atoms with Crippen LogP contribution in [0.4, 0.5) is 10.1 Å². The van der Waals surface area contributed by atoms with Gasteiger partial charge < -0.3 is 10.1 Å². The van der Waals surface area contributed by atoms with E-state index in [1.54, 1.807) is 12.1 Å². The van der Waals surface area contributed by atoms with Crippen LogP contribution in [0.3, 0.4) is 0 Å². The van der Waals surface area contributed by atoms with Gasteiger partial charge in [0, 0.05) is 18.8 Å². The minimum Gasteiger partial charge on any atom is -0.455 e. The summed E-state index contributed by atoms with van der Waals surface area (Å²) in [6.07, 6.45) is 1.58. The van der Waals surface area contributed by atoms with Gasteiger partial charge in [0.1, 0.15) is 5.82 Å². The molecule has 0 atom stereocenters. The van der Waals surface area contributed by atoms with Crippen molar-refractivity contribution in [2.24, 2.45) is 0 Å². The Kier molecular flexibility index (Phi) is 6.60. The number of carbonyl (C=O) groups is 2. The van der Waals surface area contributed by atoms with Crippen LogP contribution >= 0.6 is 0 Å². The molecule has 0 bridgehead atoms. The predicted molar refractivity (Wildman–Crippen MR) is 104 cm³/mol. The van der Waals surface area contributed by atoms with E-state index in [4.69, 9.17) is 4.74 Å². The number of rotatable bonds is 7. The molecule has 0 aliphatic carbocycles. The number of hydrogen-bond donors (Lipinski definition) is 1. The van der Waals surface area contributed by atoms with Crippen molar-refractivity contribution in [1.82, 2.24) is 4.31 Å². The maximum Gasteiger partial charge on any atom is 0.310 e. The minimum atomic E-state index is -3.59. The SMILES string of the molecule is O=C(COC(=O)Cc1ccc(F)cc1)Nc1cccc(S(=O)(=O)N2CCCC2)c1. The lowest BCUT2D eigenvalue weighted by Crippen LogP contribution is -2.28. The van der Waals surface area contributed by atoms with E-state index in [2.05, 4.69) is 5.32 Å². The number of esters is 1. The summed E-state index contributed by atoms with van der Waals surface area (Å²) in [5.41, 5.74) is 0.862. The lowest BCUT2D eigenvalue weighted by Gasteiger charge is -2.16. The number of nitrogens with zero attached hydrogens (tertiary/aromatic N) is 1. The standard InChI is InChI=1S/C20H21FN2O5S/c21-16-8-6-15(7-9-16)12-20(25)28-14-19(24)22-17-4-3-5-18(13-17)29(26,27)23-10-1-2-11-23/h3-9,13H,1-2,10-12,14H2,(H,22,24). The summed E-state index contributed by atoms with van der Waals surface area (Å²) >= 11 is 0. The van der Waals surface area contributed by atoms with Crippen molar-refractivity contribution in [2.75, 3.05) is 25.0 Å². The van der Waals surface area contributed by atoms with Crippen molar-refractivity contribution in [1.29, 1.82) is 0 Å². The molecule has 2 aromatic carbocycles. The fraction of sp³-hybridized carbons (Fsp3) is 0.300. The summed E-state index contributed by atoms with van der Waals surface area (Å²) in [5, 5.41) is 2.52. The molecule has 1 N–H and O–H groups in total. The molecule has 1 aliphatic heterocycles. The highest BCUT2D eigenvalue weighted by atomic mass is 32.2. The van der Waals surface area contributed by atoms with Gasteiger partial charge in [-0.2, -0.15) is 4.31 Å². The Morgan fingerprint density at radius 2 is 1.76 bits per heavy atom. The van der Waals surface area contributed by atoms with Crippen LogP contribution < -0.4 is 5.32 Å². The van der Waals surface area contributed by atoms with Crippen LogP contribution in [-0.4, -0.2) is 44.3 Å². The van der Waals surface area contributed by atoms with Gasteiger partial charge in [-0.1, -0.05) is 18.2 Å². The monoisotopic (exact) mass is 420 g/mol. The normalized spacial score (nSPS) is 14.5. The van der Waals surface area contributed by atoms with Gasteiger partial charge in [-0.15, -0.1) is 0 Å². The molecule has 154 valence electrons. The molecule has 9 heteroatoms. The molecule has 0 spiro atoms. The lowest BCUT2D eigenvalue weighted by atomic mass is 10.1. The quantitative estimate of drug-likeness (QED) is 0.694. The summed E-state index contributed by atoms with van der Waals surface area (Å²) in [7, 11) is -3.59. The molecular weight excluding hydrogens is 399 g/mol. The first kappa shape index (κ1) is 20.9. The molecule has 3 rings (SSSR count). The number of hydrogen-bond acceptors (Lipinski definition) is 5. The van der Waals surface area contributed by atoms with Crippen molar-refractivity contribution in [3.63, 3.8) is 0 Å². The summed E-state index contributed by atoms with van der Waals surface area (Å²) in [6, 6.07) is 11.3. The van der Waals surface area contributed by atoms with Crippen molar-refractivity contribution >= 4 is 27.6 Å². The third-order valence-electron chi connectivity index (χ3n) is 4.45. The third kappa shape index (κ3) is 5.61. The molecule has 1 heterocycles. The Balaban J connectivity index is 1.54. The van der Waals surface area contributed by atoms with Gasteiger partial charge in [0.2, 0.25) is 10.0 Å². The van der Waals surface area contributed by atoms with Gasteiger partial charge in [-0.25, -0.2) is 12.8 Å². The van der Waals surface area contributed by atoms with Crippen LogP contribution in [0.1, 0.15) is 18.4 Å². The van der Waals surface area contributed by atoms with Gasteiger partial charge >= 0.3 is 5.97 Å². The van der Waals surface area contributed by atoms with Crippen molar-refractivity contribution in [2.45, 2.75) is 24.2 Å². The second-order valence-electron chi connectivity index (χ2n) is 6.65. The predicted octanol–water partition coefficient (Wildman–Crippen LogP) is 2.33. The average Bonchev–Trinajstić information content (AvgIpc) is 3.24. The van der Waals surface area contributed by atoms with E-state index in [-0.39, 0.29) is 11.3 Å². The van der Waals surface area contributed by atoms with E-state index in [9.17, 15) is 22.4 Å². The van der Waals surface area contributed by atoms with Crippen molar-refractivity contribution < 1.29 is 27.1 Å². The van der Waals surface area contributed by atoms with E-state index in [0.717, 1.165) is 12.8 Å². The summed E-state index contributed by atoms with van der Waals surface area (Å²) < 4.78 is 44.4. The second-order valence-corrected chi connectivity index (χ2v) is 8.59. The molecule has 1 saturated heterocycles. The van der Waals surface area contributed by atoms with E-state index < -0.39 is 34.3 Å². The Bertz CT molecular complexity index is 986. The van der Waals surface area contributed by atoms with Gasteiger partial charge in [0.05, 0.1) is 11.3 Å². The van der Waals surface area contributed by atoms with Crippen LogP contribution in [0.5, 0.6) is 0 Å². The fourth-order valence-electron chi connectivity index (χ4n) is 2.97. The lowest BCUT2D eigenvalue weighted by molar-refractivity contribution is -0.146. The second kappa shape index (κ2) is 9.15. The number of halogens is 1. The average molecular weight is 420 g/mol. The van der Waals surface area contributed by atoms with E-state index >= 15 is 0 Å². The first-order chi connectivity index (χ1) is 13.8. The maximum absolute atomic E-state index is 12.9. The van der Waals surface area contributed by atoms with E-state index in [1.165, 1.54) is 40.7 Å². The topological polar surface area (TPSA) is 92.8 Å². The highest BCUT2D eigenvalue weighted by Crippen LogP contribution is 2.23. The smallest absolute Gasteiger partial charge is 0.310 e. The molecule has 29 heavy (non-hydrogen) atoms. The largest absolute Gasteiger partial charge is 0.455 e. The first-order valence-electron chi connectivity index (χ1n) is 9.15. The summed E-state index contributed by atoms with van der Waals surface area (Å²) in [5.74, 6) is -1.62. The molecule has 0 aromatic heterocycles. The molecule has 7 nitrogen and oxygen atoms in total. The fourth-order valence-corrected chi connectivity index (χ4v) is 4.54. The van der Waals surface area contributed by atoms with E-state index in [0.29, 0.717) is 24.3 Å². The van der Waals surface area contributed by atoms with Gasteiger partial charge in [0.15, 0.2) is 6.61 Å². The van der Waals surface area contributed by atoms with Crippen LogP contribution in [0.15, 0.2) is 53.4 Å². The first-order valence-corrected chi connectivity index (χ1v) is 10.6. The molecule has 0 unspecified atom stereocenters. The molecule has 1 aliphatic rings. The van der Waals surface area contributed by atoms with Gasteiger partial charge in [0.25, 0.3) is 5.91 Å². The molecule has 1 amide bonds. The van der Waals surface area contributed by atoms with Crippen LogP contribution in [-0.2, 0) is 30.8 Å². The number of nitrogens with one attached hydrogen (secondary N) is 1. The molecule has 1 fully saturated rings. The van der Waals surface area contributed by atoms with Crippen LogP contribution in [0.25, 0.3) is 0 Å². The summed E-state index contributed by atoms with van der Waals surface area (Å²) in [6.45, 7) is 0.467. The van der Waals surface area contributed by atoms with Crippen molar-refractivity contribution in [3.8, 4) is 0 Å². The Morgan fingerprint density at radius 3 is 2.45 bits per heavy atom. The number of ether oxygens (including phenoxy) is 1. The zero-order valence-corrected chi connectivity index (χ0v) is 16.5. The highest BCUT2D eigenvalue weighted by molar-refractivity contribution is 7.89. The zero-order chi connectivity index (χ0) is 20.9. The molecule has 0 radical (unpaired) electrons. The van der Waals surface area contributed by atoms with Gasteiger partial charge in [-0.05, 0) is 48.7 Å². The van der Waals surface area contributed by atoms with E-state index in [1.807, 2.05) is 0 Å². The third-order valence-corrected chi connectivity index (χ3v) is 6.34. The number of sulfonamides is 1. The zero-order valence-electron chi connectivity index (χ0n) is 15.6.